The van der Waals surface area contributed by atoms with Crippen LogP contribution in [0.25, 0.3) is 0 Å². The fourth-order valence-corrected chi connectivity index (χ4v) is 1.84. The monoisotopic (exact) mass is 266 g/mol. The molecule has 0 saturated carbocycles. The van der Waals surface area contributed by atoms with Crippen LogP contribution in [0, 0.1) is 0 Å². The van der Waals surface area contributed by atoms with Gasteiger partial charge >= 0.3 is 0 Å². The molecule has 1 N–H and O–H groups in total. The summed E-state index contributed by atoms with van der Waals surface area (Å²) in [5, 5.41) is 3.59. The molecule has 2 aromatic heterocycles. The molecule has 0 amide bonds. The zero-order valence-electron chi connectivity index (χ0n) is 10.4. The Morgan fingerprint density at radius 1 is 1.50 bits per heavy atom. The lowest BCUT2D eigenvalue weighted by Gasteiger charge is -2.18. The second-order valence-electron chi connectivity index (χ2n) is 3.88. The van der Waals surface area contributed by atoms with Gasteiger partial charge in [0.15, 0.2) is 5.82 Å². The number of furan rings is 1. The van der Waals surface area contributed by atoms with E-state index in [9.17, 15) is 0 Å². The Morgan fingerprint density at radius 3 is 3.00 bits per heavy atom. The van der Waals surface area contributed by atoms with Crippen LogP contribution in [0.2, 0.25) is 5.02 Å². The van der Waals surface area contributed by atoms with Gasteiger partial charge in [-0.05, 0) is 13.0 Å². The van der Waals surface area contributed by atoms with E-state index in [-0.39, 0.29) is 0 Å². The van der Waals surface area contributed by atoms with Crippen LogP contribution in [0.3, 0.4) is 0 Å². The molecule has 0 aliphatic carbocycles. The Labute approximate surface area is 111 Å². The van der Waals surface area contributed by atoms with E-state index >= 15 is 0 Å². The maximum absolute atomic E-state index is 6.11. The topological polar surface area (TPSA) is 54.2 Å². The molecule has 18 heavy (non-hydrogen) atoms. The number of nitrogens with one attached hydrogen (secondary N) is 1. The molecule has 0 radical (unpaired) electrons. The van der Waals surface area contributed by atoms with E-state index in [0.717, 1.165) is 12.1 Å². The number of hydrogen-bond donors (Lipinski definition) is 1. The van der Waals surface area contributed by atoms with E-state index in [0.29, 0.717) is 23.3 Å². The fraction of sp³-hybridized carbons (Fsp3) is 0.333. The first-order chi connectivity index (χ1) is 8.70. The summed E-state index contributed by atoms with van der Waals surface area (Å²) in [6.45, 7) is 3.44. The predicted octanol–water partition coefficient (Wildman–Crippen LogP) is 2.79. The van der Waals surface area contributed by atoms with Gasteiger partial charge in [-0.2, -0.15) is 4.98 Å². The van der Waals surface area contributed by atoms with E-state index in [1.165, 1.54) is 0 Å². The highest BCUT2D eigenvalue weighted by atomic mass is 35.5. The van der Waals surface area contributed by atoms with Gasteiger partial charge in [0.05, 0.1) is 18.7 Å². The predicted molar refractivity (Wildman–Crippen MR) is 72.0 cm³/mol. The van der Waals surface area contributed by atoms with E-state index in [2.05, 4.69) is 15.3 Å². The molecule has 0 spiro atoms. The van der Waals surface area contributed by atoms with E-state index in [1.54, 1.807) is 18.7 Å². The van der Waals surface area contributed by atoms with E-state index < -0.39 is 0 Å². The number of anilines is 2. The summed E-state index contributed by atoms with van der Waals surface area (Å²) >= 11 is 6.11. The Hall–Kier alpha value is -1.75. The van der Waals surface area contributed by atoms with Crippen molar-refractivity contribution in [3.63, 3.8) is 0 Å². The van der Waals surface area contributed by atoms with Crippen molar-refractivity contribution in [2.24, 2.45) is 0 Å². The number of nitrogens with zero attached hydrogens (tertiary/aromatic N) is 3. The summed E-state index contributed by atoms with van der Waals surface area (Å²) < 4.78 is 5.04. The smallest absolute Gasteiger partial charge is 0.224 e. The zero-order valence-corrected chi connectivity index (χ0v) is 11.1. The molecule has 0 aliphatic rings. The highest BCUT2D eigenvalue weighted by Gasteiger charge is 2.11. The zero-order chi connectivity index (χ0) is 13.0. The SMILES string of the molecule is CCNc1ncc(Cl)c(N(C)Cc2ccoc2)n1. The Bertz CT molecular complexity index is 501. The first-order valence-corrected chi connectivity index (χ1v) is 6.07. The summed E-state index contributed by atoms with van der Waals surface area (Å²) in [4.78, 5) is 10.4. The van der Waals surface area contributed by atoms with Crippen LogP contribution in [0.4, 0.5) is 11.8 Å². The normalized spacial score (nSPS) is 10.4. The minimum absolute atomic E-state index is 0.530. The van der Waals surface area contributed by atoms with Crippen LogP contribution in [0.15, 0.2) is 29.2 Å². The summed E-state index contributed by atoms with van der Waals surface area (Å²) in [7, 11) is 1.93. The Morgan fingerprint density at radius 2 is 2.33 bits per heavy atom. The van der Waals surface area contributed by atoms with Gasteiger partial charge in [-0.1, -0.05) is 11.6 Å². The van der Waals surface area contributed by atoms with Crippen LogP contribution in [0.5, 0.6) is 0 Å². The summed E-state index contributed by atoms with van der Waals surface area (Å²) in [6.07, 6.45) is 4.96. The maximum Gasteiger partial charge on any atom is 0.224 e. The van der Waals surface area contributed by atoms with Crippen molar-refractivity contribution in [2.45, 2.75) is 13.5 Å². The molecule has 2 heterocycles. The number of aromatic nitrogens is 2. The molecule has 2 aromatic rings. The maximum atomic E-state index is 6.11. The Kier molecular flexibility index (Phi) is 4.04. The molecule has 0 aliphatic heterocycles. The minimum Gasteiger partial charge on any atom is -0.472 e. The second-order valence-corrected chi connectivity index (χ2v) is 4.29. The number of rotatable bonds is 5. The van der Waals surface area contributed by atoms with Crippen LogP contribution in [-0.4, -0.2) is 23.6 Å². The number of halogens is 1. The molecular weight excluding hydrogens is 252 g/mol. The molecule has 6 heteroatoms. The second kappa shape index (κ2) is 5.73. The van der Waals surface area contributed by atoms with Crippen molar-refractivity contribution in [3.8, 4) is 0 Å². The van der Waals surface area contributed by atoms with Gasteiger partial charge in [-0.3, -0.25) is 0 Å². The average molecular weight is 267 g/mol. The first kappa shape index (κ1) is 12.7. The van der Waals surface area contributed by atoms with Crippen molar-refractivity contribution in [2.75, 3.05) is 23.8 Å². The largest absolute Gasteiger partial charge is 0.472 e. The van der Waals surface area contributed by atoms with Gasteiger partial charge in [0.2, 0.25) is 5.95 Å². The van der Waals surface area contributed by atoms with E-state index in [4.69, 9.17) is 16.0 Å². The summed E-state index contributed by atoms with van der Waals surface area (Å²) in [5.74, 6) is 1.28. The lowest BCUT2D eigenvalue weighted by atomic mass is 10.3. The highest BCUT2D eigenvalue weighted by Crippen LogP contribution is 2.24. The Balaban J connectivity index is 2.17. The molecule has 0 fully saturated rings. The summed E-state index contributed by atoms with van der Waals surface area (Å²) in [6, 6.07) is 1.91. The van der Waals surface area contributed by atoms with Crippen molar-refractivity contribution < 1.29 is 4.42 Å². The van der Waals surface area contributed by atoms with Gasteiger partial charge in [0, 0.05) is 25.7 Å². The molecule has 2 rings (SSSR count). The van der Waals surface area contributed by atoms with Crippen LogP contribution in [-0.2, 0) is 6.54 Å². The van der Waals surface area contributed by atoms with E-state index in [1.807, 2.05) is 24.9 Å². The lowest BCUT2D eigenvalue weighted by molar-refractivity contribution is 0.563. The lowest BCUT2D eigenvalue weighted by Crippen LogP contribution is -2.18. The van der Waals surface area contributed by atoms with Crippen molar-refractivity contribution in [3.05, 3.63) is 35.4 Å². The van der Waals surface area contributed by atoms with Gasteiger partial charge in [0.25, 0.3) is 0 Å². The third-order valence-electron chi connectivity index (χ3n) is 2.42. The van der Waals surface area contributed by atoms with Crippen molar-refractivity contribution in [1.29, 1.82) is 0 Å². The van der Waals surface area contributed by atoms with Crippen LogP contribution in [0.1, 0.15) is 12.5 Å². The molecule has 0 bridgehead atoms. The molecule has 0 saturated heterocycles. The quantitative estimate of drug-likeness (QED) is 0.902. The standard InChI is InChI=1S/C12H15ClN4O/c1-3-14-12-15-6-10(13)11(16-12)17(2)7-9-4-5-18-8-9/h4-6,8H,3,7H2,1-2H3,(H,14,15,16). The molecule has 96 valence electrons. The molecule has 0 unspecified atom stereocenters. The fourth-order valence-electron chi connectivity index (χ4n) is 1.60. The van der Waals surface area contributed by atoms with Crippen molar-refractivity contribution in [1.82, 2.24) is 9.97 Å². The molecular formula is C12H15ClN4O. The first-order valence-electron chi connectivity index (χ1n) is 5.69. The third kappa shape index (κ3) is 2.92. The van der Waals surface area contributed by atoms with Crippen molar-refractivity contribution >= 4 is 23.4 Å². The molecule has 0 aromatic carbocycles. The van der Waals surface area contributed by atoms with Gasteiger partial charge in [0.1, 0.15) is 5.02 Å². The van der Waals surface area contributed by atoms with Gasteiger partial charge in [-0.25, -0.2) is 4.98 Å². The van der Waals surface area contributed by atoms with Crippen LogP contribution >= 0.6 is 11.6 Å². The molecule has 0 atom stereocenters. The van der Waals surface area contributed by atoms with Crippen LogP contribution < -0.4 is 10.2 Å². The minimum atomic E-state index is 0.530. The van der Waals surface area contributed by atoms with Gasteiger partial charge < -0.3 is 14.6 Å². The highest BCUT2D eigenvalue weighted by molar-refractivity contribution is 6.32. The average Bonchev–Trinajstić information content (AvgIpc) is 2.84. The number of hydrogen-bond acceptors (Lipinski definition) is 5. The van der Waals surface area contributed by atoms with Gasteiger partial charge in [-0.15, -0.1) is 0 Å². The summed E-state index contributed by atoms with van der Waals surface area (Å²) in [5.41, 5.74) is 1.07. The third-order valence-corrected chi connectivity index (χ3v) is 2.69. The molecule has 5 nitrogen and oxygen atoms in total.